The van der Waals surface area contributed by atoms with Gasteiger partial charge in [-0.1, -0.05) is 22.0 Å². The molecule has 6 nitrogen and oxygen atoms in total. The number of rotatable bonds is 6. The molecule has 0 spiro atoms. The molecular formula is C20H31BrN6. The van der Waals surface area contributed by atoms with Crippen molar-refractivity contribution in [2.75, 3.05) is 67.5 Å². The van der Waals surface area contributed by atoms with E-state index >= 15 is 0 Å². The number of likely N-dealkylation sites (N-methyl/N-ethyl adjacent to an activating group) is 4. The number of hydrogen-bond donors (Lipinski definition) is 0. The number of benzene rings is 1. The molecule has 0 radical (unpaired) electrons. The van der Waals surface area contributed by atoms with Crippen LogP contribution in [0.2, 0.25) is 0 Å². The van der Waals surface area contributed by atoms with Gasteiger partial charge in [0.1, 0.15) is 0 Å². The molecule has 0 aliphatic carbocycles. The van der Waals surface area contributed by atoms with Crippen molar-refractivity contribution in [3.05, 3.63) is 33.8 Å². The highest BCUT2D eigenvalue weighted by molar-refractivity contribution is 9.10. The first kappa shape index (κ1) is 20.0. The predicted molar refractivity (Wildman–Crippen MR) is 117 cm³/mol. The summed E-state index contributed by atoms with van der Waals surface area (Å²) in [5, 5.41) is 0. The number of aliphatic imine (C=N–C) groups is 2. The molecular weight excluding hydrogens is 404 g/mol. The highest BCUT2D eigenvalue weighted by atomic mass is 79.9. The zero-order chi connectivity index (χ0) is 19.4. The molecule has 2 aliphatic heterocycles. The molecule has 7 heteroatoms. The van der Waals surface area contributed by atoms with Gasteiger partial charge in [-0.05, 0) is 36.1 Å². The topological polar surface area (TPSA) is 37.7 Å². The first-order valence-corrected chi connectivity index (χ1v) is 10.5. The Morgan fingerprint density at radius 2 is 1.19 bits per heavy atom. The second-order valence-electron chi connectivity index (χ2n) is 7.46. The summed E-state index contributed by atoms with van der Waals surface area (Å²) in [5.41, 5.74) is 2.74. The highest BCUT2D eigenvalue weighted by Gasteiger charge is 2.20. The SMILES string of the molecule is CN1CCN(C)C1=NCCc1ccc(Br)cc1CCN=C1N(C)CCN1C. The Balaban J connectivity index is 1.63. The molecule has 148 valence electrons. The number of guanidine groups is 2. The van der Waals surface area contributed by atoms with Gasteiger partial charge in [0.15, 0.2) is 11.9 Å². The molecule has 3 rings (SSSR count). The van der Waals surface area contributed by atoms with Gasteiger partial charge in [0.05, 0.1) is 0 Å². The fourth-order valence-electron chi connectivity index (χ4n) is 3.69. The summed E-state index contributed by atoms with van der Waals surface area (Å²) >= 11 is 3.62. The van der Waals surface area contributed by atoms with Gasteiger partial charge in [-0.3, -0.25) is 9.98 Å². The monoisotopic (exact) mass is 434 g/mol. The summed E-state index contributed by atoms with van der Waals surface area (Å²) in [5.74, 6) is 2.21. The van der Waals surface area contributed by atoms with Crippen molar-refractivity contribution in [2.24, 2.45) is 9.98 Å². The molecule has 0 saturated carbocycles. The molecule has 27 heavy (non-hydrogen) atoms. The van der Waals surface area contributed by atoms with Crippen molar-refractivity contribution < 1.29 is 0 Å². The fraction of sp³-hybridized carbons (Fsp3) is 0.600. The van der Waals surface area contributed by atoms with Crippen LogP contribution in [0.5, 0.6) is 0 Å². The molecule has 1 aromatic carbocycles. The average Bonchev–Trinajstić information content (AvgIpc) is 3.13. The smallest absolute Gasteiger partial charge is 0.196 e. The van der Waals surface area contributed by atoms with Crippen molar-refractivity contribution in [3.8, 4) is 0 Å². The fourth-order valence-corrected chi connectivity index (χ4v) is 4.10. The van der Waals surface area contributed by atoms with Crippen LogP contribution in [0.1, 0.15) is 11.1 Å². The lowest BCUT2D eigenvalue weighted by Crippen LogP contribution is -2.28. The zero-order valence-electron chi connectivity index (χ0n) is 17.0. The third-order valence-corrected chi connectivity index (χ3v) is 5.84. The van der Waals surface area contributed by atoms with Gasteiger partial charge in [0.25, 0.3) is 0 Å². The molecule has 0 N–H and O–H groups in total. The molecule has 2 saturated heterocycles. The van der Waals surface area contributed by atoms with Gasteiger partial charge in [0.2, 0.25) is 0 Å². The third kappa shape index (κ3) is 4.94. The van der Waals surface area contributed by atoms with E-state index in [-0.39, 0.29) is 0 Å². The summed E-state index contributed by atoms with van der Waals surface area (Å²) in [6.45, 7) is 5.86. The lowest BCUT2D eigenvalue weighted by molar-refractivity contribution is 0.553. The maximum atomic E-state index is 4.83. The number of hydrogen-bond acceptors (Lipinski definition) is 2. The molecule has 0 atom stereocenters. The van der Waals surface area contributed by atoms with Crippen molar-refractivity contribution in [2.45, 2.75) is 12.8 Å². The minimum absolute atomic E-state index is 0.813. The normalized spacial score (nSPS) is 17.4. The first-order valence-electron chi connectivity index (χ1n) is 9.66. The molecule has 0 unspecified atom stereocenters. The molecule has 2 heterocycles. The second kappa shape index (κ2) is 8.95. The summed E-state index contributed by atoms with van der Waals surface area (Å²) < 4.78 is 1.13. The van der Waals surface area contributed by atoms with Gasteiger partial charge in [0, 0.05) is 71.9 Å². The maximum absolute atomic E-state index is 4.83. The maximum Gasteiger partial charge on any atom is 0.196 e. The van der Waals surface area contributed by atoms with Gasteiger partial charge < -0.3 is 19.6 Å². The van der Waals surface area contributed by atoms with Crippen LogP contribution in [0.15, 0.2) is 32.7 Å². The quantitative estimate of drug-likeness (QED) is 0.685. The molecule has 0 bridgehead atoms. The molecule has 1 aromatic rings. The summed E-state index contributed by atoms with van der Waals surface area (Å²) in [6.07, 6.45) is 1.92. The Morgan fingerprint density at radius 3 is 1.67 bits per heavy atom. The third-order valence-electron chi connectivity index (χ3n) is 5.34. The van der Waals surface area contributed by atoms with E-state index in [0.29, 0.717) is 0 Å². The number of nitrogens with zero attached hydrogens (tertiary/aromatic N) is 6. The van der Waals surface area contributed by atoms with Crippen LogP contribution in [-0.4, -0.2) is 99.0 Å². The van der Waals surface area contributed by atoms with Crippen LogP contribution in [0, 0.1) is 0 Å². The molecule has 0 aromatic heterocycles. The van der Waals surface area contributed by atoms with Gasteiger partial charge >= 0.3 is 0 Å². The molecule has 0 amide bonds. The largest absolute Gasteiger partial charge is 0.344 e. The Morgan fingerprint density at radius 1 is 0.741 bits per heavy atom. The Hall–Kier alpha value is -1.76. The van der Waals surface area contributed by atoms with Crippen LogP contribution in [0.4, 0.5) is 0 Å². The summed E-state index contributed by atoms with van der Waals surface area (Å²) in [7, 11) is 8.46. The van der Waals surface area contributed by atoms with E-state index in [1.54, 1.807) is 0 Å². The average molecular weight is 435 g/mol. The summed E-state index contributed by atoms with van der Waals surface area (Å²) in [4.78, 5) is 18.6. The van der Waals surface area contributed by atoms with E-state index in [9.17, 15) is 0 Å². The van der Waals surface area contributed by atoms with Crippen LogP contribution in [0.3, 0.4) is 0 Å². The lowest BCUT2D eigenvalue weighted by Gasteiger charge is -2.17. The van der Waals surface area contributed by atoms with Crippen molar-refractivity contribution in [1.29, 1.82) is 0 Å². The van der Waals surface area contributed by atoms with Crippen molar-refractivity contribution >= 4 is 27.8 Å². The van der Waals surface area contributed by atoms with Crippen molar-refractivity contribution in [1.82, 2.24) is 19.6 Å². The Kier molecular flexibility index (Phi) is 6.63. The van der Waals surface area contributed by atoms with Crippen LogP contribution in [0.25, 0.3) is 0 Å². The van der Waals surface area contributed by atoms with Crippen molar-refractivity contribution in [3.63, 3.8) is 0 Å². The van der Waals surface area contributed by atoms with Gasteiger partial charge in [-0.2, -0.15) is 0 Å². The van der Waals surface area contributed by atoms with Crippen LogP contribution < -0.4 is 0 Å². The number of halogens is 1. The predicted octanol–water partition coefficient (Wildman–Crippen LogP) is 2.00. The first-order chi connectivity index (χ1) is 13.0. The van der Waals surface area contributed by atoms with Gasteiger partial charge in [-0.25, -0.2) is 0 Å². The Labute approximate surface area is 171 Å². The summed E-state index contributed by atoms with van der Waals surface area (Å²) in [6, 6.07) is 6.59. The minimum atomic E-state index is 0.813. The van der Waals surface area contributed by atoms with E-state index in [1.165, 1.54) is 11.1 Å². The molecule has 2 fully saturated rings. The zero-order valence-corrected chi connectivity index (χ0v) is 18.5. The van der Waals surface area contributed by atoms with Crippen LogP contribution in [-0.2, 0) is 12.8 Å². The Bertz CT molecular complexity index is 692. The van der Waals surface area contributed by atoms with E-state index in [2.05, 4.69) is 81.9 Å². The molecule has 2 aliphatic rings. The van der Waals surface area contributed by atoms with E-state index < -0.39 is 0 Å². The van der Waals surface area contributed by atoms with E-state index in [4.69, 9.17) is 9.98 Å². The van der Waals surface area contributed by atoms with E-state index in [0.717, 1.165) is 68.5 Å². The lowest BCUT2D eigenvalue weighted by atomic mass is 10.0. The minimum Gasteiger partial charge on any atom is -0.344 e. The van der Waals surface area contributed by atoms with E-state index in [1.807, 2.05) is 0 Å². The standard InChI is InChI=1S/C20H31BrN6/c1-24-11-12-25(2)19(24)22-9-7-16-5-6-18(21)15-17(16)8-10-23-20-26(3)13-14-27(20)4/h5-6,15H,7-14H2,1-4H3. The van der Waals surface area contributed by atoms with Crippen LogP contribution >= 0.6 is 15.9 Å². The van der Waals surface area contributed by atoms with Gasteiger partial charge in [-0.15, -0.1) is 0 Å². The second-order valence-corrected chi connectivity index (χ2v) is 8.38. The highest BCUT2D eigenvalue weighted by Crippen LogP contribution is 2.19.